The molecule has 0 aliphatic heterocycles. The molecule has 0 bridgehead atoms. The van der Waals surface area contributed by atoms with E-state index in [9.17, 15) is 18.3 Å². The molecule has 7 heteroatoms. The summed E-state index contributed by atoms with van der Waals surface area (Å²) in [6.45, 7) is 0.334. The lowest BCUT2D eigenvalue weighted by atomic mass is 10.1. The summed E-state index contributed by atoms with van der Waals surface area (Å²) in [7, 11) is -1.69. The lowest BCUT2D eigenvalue weighted by Gasteiger charge is -2.12. The summed E-state index contributed by atoms with van der Waals surface area (Å²) in [4.78, 5) is 11.2. The molecule has 1 atom stereocenters. The average Bonchev–Trinajstić information content (AvgIpc) is 2.37. The molecular weight excluding hydrogens is 268 g/mol. The molecule has 0 heterocycles. The van der Waals surface area contributed by atoms with Gasteiger partial charge in [0.2, 0.25) is 5.91 Å². The topological polar surface area (TPSA) is 95.5 Å². The van der Waals surface area contributed by atoms with E-state index in [1.165, 1.54) is 19.2 Å². The fourth-order valence-electron chi connectivity index (χ4n) is 1.47. The van der Waals surface area contributed by atoms with Crippen molar-refractivity contribution in [2.24, 2.45) is 0 Å². The SMILES string of the molecule is CNC(=O)CNCC(O)c1ccc(S(C)(=O)=O)cc1. The second-order valence-electron chi connectivity index (χ2n) is 4.16. The molecule has 0 saturated carbocycles. The van der Waals surface area contributed by atoms with Crippen molar-refractivity contribution in [3.05, 3.63) is 29.8 Å². The third-order valence-electron chi connectivity index (χ3n) is 2.60. The van der Waals surface area contributed by atoms with Gasteiger partial charge < -0.3 is 15.7 Å². The van der Waals surface area contributed by atoms with Gasteiger partial charge in [-0.3, -0.25) is 4.79 Å². The summed E-state index contributed by atoms with van der Waals surface area (Å²) >= 11 is 0. The van der Waals surface area contributed by atoms with Gasteiger partial charge in [-0.25, -0.2) is 8.42 Å². The second kappa shape index (κ2) is 6.65. The van der Waals surface area contributed by atoms with Crippen LogP contribution >= 0.6 is 0 Å². The molecule has 3 N–H and O–H groups in total. The first-order chi connectivity index (χ1) is 8.84. The predicted molar refractivity (Wildman–Crippen MR) is 71.4 cm³/mol. The number of nitrogens with one attached hydrogen (secondary N) is 2. The molecule has 1 aromatic carbocycles. The van der Waals surface area contributed by atoms with Crippen LogP contribution in [0.3, 0.4) is 0 Å². The van der Waals surface area contributed by atoms with Crippen molar-refractivity contribution in [3.63, 3.8) is 0 Å². The van der Waals surface area contributed by atoms with Crippen molar-refractivity contribution >= 4 is 15.7 Å². The van der Waals surface area contributed by atoms with Crippen LogP contribution in [0.5, 0.6) is 0 Å². The second-order valence-corrected chi connectivity index (χ2v) is 6.18. The van der Waals surface area contributed by atoms with Crippen LogP contribution in [0.25, 0.3) is 0 Å². The molecule has 6 nitrogen and oxygen atoms in total. The Bertz CT molecular complexity index is 525. The average molecular weight is 286 g/mol. The molecule has 0 aliphatic carbocycles. The van der Waals surface area contributed by atoms with Gasteiger partial charge >= 0.3 is 0 Å². The molecule has 1 aromatic rings. The highest BCUT2D eigenvalue weighted by Gasteiger charge is 2.10. The summed E-state index contributed by atoms with van der Waals surface area (Å²) in [5.74, 6) is -0.167. The Kier molecular flexibility index (Phi) is 5.46. The van der Waals surface area contributed by atoms with Crippen molar-refractivity contribution in [2.45, 2.75) is 11.0 Å². The van der Waals surface area contributed by atoms with E-state index in [1.807, 2.05) is 0 Å². The number of aliphatic hydroxyl groups excluding tert-OH is 1. The molecule has 0 spiro atoms. The summed E-state index contributed by atoms with van der Waals surface area (Å²) < 4.78 is 22.5. The van der Waals surface area contributed by atoms with E-state index in [0.717, 1.165) is 6.26 Å². The van der Waals surface area contributed by atoms with Crippen molar-refractivity contribution < 1.29 is 18.3 Å². The maximum atomic E-state index is 11.3. The molecule has 1 unspecified atom stereocenters. The molecular formula is C12H18N2O4S. The smallest absolute Gasteiger partial charge is 0.233 e. The Hall–Kier alpha value is -1.44. The van der Waals surface area contributed by atoms with E-state index >= 15 is 0 Å². The number of carbonyl (C=O) groups is 1. The van der Waals surface area contributed by atoms with Gasteiger partial charge in [-0.15, -0.1) is 0 Å². The number of aliphatic hydroxyl groups is 1. The largest absolute Gasteiger partial charge is 0.387 e. The van der Waals surface area contributed by atoms with E-state index in [4.69, 9.17) is 0 Å². The number of hydrogen-bond donors (Lipinski definition) is 3. The van der Waals surface area contributed by atoms with E-state index in [2.05, 4.69) is 10.6 Å². The van der Waals surface area contributed by atoms with E-state index in [1.54, 1.807) is 12.1 Å². The van der Waals surface area contributed by atoms with Gasteiger partial charge in [0, 0.05) is 19.8 Å². The highest BCUT2D eigenvalue weighted by Crippen LogP contribution is 2.15. The summed E-state index contributed by atoms with van der Waals surface area (Å²) in [6, 6.07) is 6.02. The fourth-order valence-corrected chi connectivity index (χ4v) is 2.10. The predicted octanol–water partition coefficient (Wildman–Crippen LogP) is -0.541. The van der Waals surface area contributed by atoms with Crippen LogP contribution in [-0.4, -0.2) is 45.8 Å². The number of amides is 1. The Morgan fingerprint density at radius 1 is 1.32 bits per heavy atom. The minimum absolute atomic E-state index is 0.120. The highest BCUT2D eigenvalue weighted by atomic mass is 32.2. The standard InChI is InChI=1S/C12H18N2O4S/c1-13-12(16)8-14-7-11(15)9-3-5-10(6-4-9)19(2,17)18/h3-6,11,14-15H,7-8H2,1-2H3,(H,13,16). The summed E-state index contributed by atoms with van der Waals surface area (Å²) in [5.41, 5.74) is 0.594. The lowest BCUT2D eigenvalue weighted by Crippen LogP contribution is -2.33. The normalized spacial score (nSPS) is 13.0. The van der Waals surface area contributed by atoms with E-state index in [0.29, 0.717) is 5.56 Å². The number of rotatable bonds is 6. The van der Waals surface area contributed by atoms with Gasteiger partial charge in [-0.2, -0.15) is 0 Å². The van der Waals surface area contributed by atoms with Gasteiger partial charge in [-0.05, 0) is 17.7 Å². The van der Waals surface area contributed by atoms with Crippen LogP contribution in [0.1, 0.15) is 11.7 Å². The molecule has 0 radical (unpaired) electrons. The Morgan fingerprint density at radius 3 is 2.37 bits per heavy atom. The zero-order valence-corrected chi connectivity index (χ0v) is 11.7. The van der Waals surface area contributed by atoms with Crippen molar-refractivity contribution in [2.75, 3.05) is 26.4 Å². The van der Waals surface area contributed by atoms with Crippen molar-refractivity contribution in [1.29, 1.82) is 0 Å². The monoisotopic (exact) mass is 286 g/mol. The third kappa shape index (κ3) is 4.98. The molecule has 1 rings (SSSR count). The van der Waals surface area contributed by atoms with Gasteiger partial charge in [0.05, 0.1) is 17.5 Å². The molecule has 0 fully saturated rings. The number of benzene rings is 1. The number of likely N-dealkylation sites (N-methyl/N-ethyl adjacent to an activating group) is 1. The first-order valence-electron chi connectivity index (χ1n) is 5.74. The van der Waals surface area contributed by atoms with Crippen LogP contribution < -0.4 is 10.6 Å². The molecule has 106 valence electrons. The van der Waals surface area contributed by atoms with Crippen molar-refractivity contribution in [1.82, 2.24) is 10.6 Å². The summed E-state index contributed by atoms with van der Waals surface area (Å²) in [6.07, 6.45) is 0.335. The van der Waals surface area contributed by atoms with E-state index in [-0.39, 0.29) is 23.9 Å². The van der Waals surface area contributed by atoms with E-state index < -0.39 is 15.9 Å². The minimum Gasteiger partial charge on any atom is -0.387 e. The van der Waals surface area contributed by atoms with Crippen molar-refractivity contribution in [3.8, 4) is 0 Å². The molecule has 1 amide bonds. The summed E-state index contributed by atoms with van der Waals surface area (Å²) in [5, 5.41) is 15.1. The van der Waals surface area contributed by atoms with Crippen LogP contribution in [0.4, 0.5) is 0 Å². The van der Waals surface area contributed by atoms with Crippen LogP contribution in [0, 0.1) is 0 Å². The van der Waals surface area contributed by atoms with Crippen LogP contribution in [0.15, 0.2) is 29.2 Å². The number of hydrogen-bond acceptors (Lipinski definition) is 5. The van der Waals surface area contributed by atoms with Gasteiger partial charge in [0.15, 0.2) is 9.84 Å². The third-order valence-corrected chi connectivity index (χ3v) is 3.72. The lowest BCUT2D eigenvalue weighted by molar-refractivity contribution is -0.119. The molecule has 0 aliphatic rings. The maximum absolute atomic E-state index is 11.3. The van der Waals surface area contributed by atoms with Gasteiger partial charge in [0.25, 0.3) is 0 Å². The van der Waals surface area contributed by atoms with Gasteiger partial charge in [-0.1, -0.05) is 12.1 Å². The molecule has 0 aromatic heterocycles. The van der Waals surface area contributed by atoms with Crippen LogP contribution in [0.2, 0.25) is 0 Å². The first-order valence-corrected chi connectivity index (χ1v) is 7.63. The molecule has 0 saturated heterocycles. The maximum Gasteiger partial charge on any atom is 0.233 e. The Balaban J connectivity index is 2.58. The first kappa shape index (κ1) is 15.6. The Labute approximate surface area is 112 Å². The number of sulfone groups is 1. The minimum atomic E-state index is -3.23. The highest BCUT2D eigenvalue weighted by molar-refractivity contribution is 7.90. The van der Waals surface area contributed by atoms with Crippen LogP contribution in [-0.2, 0) is 14.6 Å². The zero-order chi connectivity index (χ0) is 14.5. The number of carbonyl (C=O) groups excluding carboxylic acids is 1. The Morgan fingerprint density at radius 2 is 1.89 bits per heavy atom. The van der Waals surface area contributed by atoms with Gasteiger partial charge in [0.1, 0.15) is 0 Å². The quantitative estimate of drug-likeness (QED) is 0.653. The zero-order valence-electron chi connectivity index (χ0n) is 10.9. The fraction of sp³-hybridized carbons (Fsp3) is 0.417. The molecule has 19 heavy (non-hydrogen) atoms.